The summed E-state index contributed by atoms with van der Waals surface area (Å²) in [6, 6.07) is 5.29. The quantitative estimate of drug-likeness (QED) is 0.892. The number of hydrogen-bond acceptors (Lipinski definition) is 3. The van der Waals surface area contributed by atoms with Crippen LogP contribution in [0.25, 0.3) is 0 Å². The zero-order valence-corrected chi connectivity index (χ0v) is 11.5. The van der Waals surface area contributed by atoms with E-state index in [-0.39, 0.29) is 12.2 Å². The Morgan fingerprint density at radius 1 is 1.56 bits per heavy atom. The minimum absolute atomic E-state index is 0.0468. The Kier molecular flexibility index (Phi) is 3.64. The van der Waals surface area contributed by atoms with Crippen molar-refractivity contribution < 1.29 is 9.53 Å². The molecule has 0 saturated heterocycles. The molecule has 0 aromatic heterocycles. The van der Waals surface area contributed by atoms with Gasteiger partial charge in [-0.25, -0.2) is 0 Å². The molecule has 0 aliphatic heterocycles. The van der Waals surface area contributed by atoms with Crippen LogP contribution in [0.2, 0.25) is 5.02 Å². The number of ether oxygens (including phenoxy) is 1. The second-order valence-corrected chi connectivity index (χ2v) is 5.55. The Balaban J connectivity index is 2.18. The van der Waals surface area contributed by atoms with E-state index in [1.807, 2.05) is 6.92 Å². The standard InChI is InChI=1S/C14H18ClNO2/c1-14(16,10-3-4-10)13(17)8-9-7-11(15)5-6-12(9)18-2/h5-7,10H,3-4,8,16H2,1-2H3. The normalized spacial score (nSPS) is 18.2. The van der Waals surface area contributed by atoms with Crippen molar-refractivity contribution in [2.45, 2.75) is 31.7 Å². The van der Waals surface area contributed by atoms with Crippen LogP contribution in [-0.4, -0.2) is 18.4 Å². The smallest absolute Gasteiger partial charge is 0.157 e. The van der Waals surface area contributed by atoms with Gasteiger partial charge in [0.2, 0.25) is 0 Å². The summed E-state index contributed by atoms with van der Waals surface area (Å²) < 4.78 is 5.24. The van der Waals surface area contributed by atoms with Crippen molar-refractivity contribution in [2.75, 3.05) is 7.11 Å². The van der Waals surface area contributed by atoms with Crippen LogP contribution in [0.15, 0.2) is 18.2 Å². The van der Waals surface area contributed by atoms with Gasteiger partial charge in [0.1, 0.15) is 5.75 Å². The van der Waals surface area contributed by atoms with E-state index >= 15 is 0 Å². The van der Waals surface area contributed by atoms with Crippen molar-refractivity contribution in [3.63, 3.8) is 0 Å². The maximum absolute atomic E-state index is 12.3. The van der Waals surface area contributed by atoms with Crippen molar-refractivity contribution in [1.29, 1.82) is 0 Å². The maximum atomic E-state index is 12.3. The van der Waals surface area contributed by atoms with Crippen molar-refractivity contribution in [3.8, 4) is 5.75 Å². The first kappa shape index (κ1) is 13.4. The highest BCUT2D eigenvalue weighted by Gasteiger charge is 2.43. The first-order chi connectivity index (χ1) is 8.45. The number of Topliss-reactive ketones (excluding diaryl/α,β-unsaturated/α-hetero) is 1. The van der Waals surface area contributed by atoms with E-state index in [4.69, 9.17) is 22.1 Å². The first-order valence-corrected chi connectivity index (χ1v) is 6.47. The van der Waals surface area contributed by atoms with E-state index < -0.39 is 5.54 Å². The number of ketones is 1. The van der Waals surface area contributed by atoms with Gasteiger partial charge < -0.3 is 10.5 Å². The predicted molar refractivity (Wildman–Crippen MR) is 72.0 cm³/mol. The molecule has 2 N–H and O–H groups in total. The van der Waals surface area contributed by atoms with E-state index in [1.165, 1.54) is 0 Å². The number of benzene rings is 1. The number of carbonyl (C=O) groups is 1. The molecule has 0 radical (unpaired) electrons. The molecule has 4 heteroatoms. The molecule has 1 aromatic rings. The van der Waals surface area contributed by atoms with Crippen LogP contribution in [0.4, 0.5) is 0 Å². The fourth-order valence-corrected chi connectivity index (χ4v) is 2.35. The Morgan fingerprint density at radius 3 is 2.78 bits per heavy atom. The van der Waals surface area contributed by atoms with E-state index in [2.05, 4.69) is 0 Å². The topological polar surface area (TPSA) is 52.3 Å². The van der Waals surface area contributed by atoms with E-state index in [9.17, 15) is 4.79 Å². The summed E-state index contributed by atoms with van der Waals surface area (Å²) in [6.45, 7) is 1.82. The summed E-state index contributed by atoms with van der Waals surface area (Å²) in [4.78, 5) is 12.3. The molecule has 0 heterocycles. The average molecular weight is 268 g/mol. The number of hydrogen-bond donors (Lipinski definition) is 1. The summed E-state index contributed by atoms with van der Waals surface area (Å²) in [6.07, 6.45) is 2.37. The molecule has 0 bridgehead atoms. The SMILES string of the molecule is COc1ccc(Cl)cc1CC(=O)C(C)(N)C1CC1. The monoisotopic (exact) mass is 267 g/mol. The molecular formula is C14H18ClNO2. The van der Waals surface area contributed by atoms with Crippen LogP contribution in [0.1, 0.15) is 25.3 Å². The Labute approximate surface area is 112 Å². The van der Waals surface area contributed by atoms with Gasteiger partial charge in [-0.15, -0.1) is 0 Å². The van der Waals surface area contributed by atoms with Crippen LogP contribution in [0, 0.1) is 5.92 Å². The first-order valence-electron chi connectivity index (χ1n) is 6.09. The van der Waals surface area contributed by atoms with Gasteiger partial charge in [-0.05, 0) is 43.9 Å². The van der Waals surface area contributed by atoms with Crippen LogP contribution >= 0.6 is 11.6 Å². The largest absolute Gasteiger partial charge is 0.496 e. The molecule has 2 rings (SSSR count). The predicted octanol–water partition coefficient (Wildman–Crippen LogP) is 2.59. The lowest BCUT2D eigenvalue weighted by molar-refractivity contribution is -0.123. The van der Waals surface area contributed by atoms with E-state index in [0.29, 0.717) is 16.7 Å². The molecule has 0 spiro atoms. The van der Waals surface area contributed by atoms with Crippen LogP contribution in [-0.2, 0) is 11.2 Å². The highest BCUT2D eigenvalue weighted by molar-refractivity contribution is 6.30. The lowest BCUT2D eigenvalue weighted by atomic mass is 9.88. The minimum atomic E-state index is -0.729. The van der Waals surface area contributed by atoms with Gasteiger partial charge >= 0.3 is 0 Å². The van der Waals surface area contributed by atoms with Gasteiger partial charge in [0.25, 0.3) is 0 Å². The van der Waals surface area contributed by atoms with Crippen molar-refractivity contribution >= 4 is 17.4 Å². The summed E-state index contributed by atoms with van der Waals surface area (Å²) in [5.41, 5.74) is 6.19. The molecule has 1 unspecified atom stereocenters. The number of methoxy groups -OCH3 is 1. The molecule has 3 nitrogen and oxygen atoms in total. The van der Waals surface area contributed by atoms with Crippen LogP contribution < -0.4 is 10.5 Å². The molecule has 98 valence electrons. The number of carbonyl (C=O) groups excluding carboxylic acids is 1. The summed E-state index contributed by atoms with van der Waals surface area (Å²) >= 11 is 5.95. The summed E-state index contributed by atoms with van der Waals surface area (Å²) in [5, 5.41) is 0.601. The molecule has 1 fully saturated rings. The van der Waals surface area contributed by atoms with Crippen molar-refractivity contribution in [3.05, 3.63) is 28.8 Å². The second kappa shape index (κ2) is 4.90. The number of rotatable bonds is 5. The molecule has 1 atom stereocenters. The third-order valence-electron chi connectivity index (χ3n) is 3.62. The Bertz CT molecular complexity index is 467. The van der Waals surface area contributed by atoms with Crippen LogP contribution in [0.5, 0.6) is 5.75 Å². The maximum Gasteiger partial charge on any atom is 0.157 e. The molecular weight excluding hydrogens is 250 g/mol. The fourth-order valence-electron chi connectivity index (χ4n) is 2.16. The molecule has 1 aromatic carbocycles. The van der Waals surface area contributed by atoms with Gasteiger partial charge in [0.05, 0.1) is 12.6 Å². The molecule has 1 saturated carbocycles. The van der Waals surface area contributed by atoms with Crippen molar-refractivity contribution in [1.82, 2.24) is 0 Å². The lowest BCUT2D eigenvalue weighted by Crippen LogP contribution is -2.47. The fraction of sp³-hybridized carbons (Fsp3) is 0.500. The van der Waals surface area contributed by atoms with Crippen LogP contribution in [0.3, 0.4) is 0 Å². The van der Waals surface area contributed by atoms with E-state index in [1.54, 1.807) is 25.3 Å². The summed E-state index contributed by atoms with van der Waals surface area (Å²) in [7, 11) is 1.58. The number of nitrogens with two attached hydrogens (primary N) is 1. The minimum Gasteiger partial charge on any atom is -0.496 e. The third kappa shape index (κ3) is 2.68. The zero-order chi connectivity index (χ0) is 13.3. The van der Waals surface area contributed by atoms with Gasteiger partial charge in [0, 0.05) is 17.0 Å². The molecule has 1 aliphatic rings. The van der Waals surface area contributed by atoms with Gasteiger partial charge in [-0.1, -0.05) is 11.6 Å². The highest BCUT2D eigenvalue weighted by Crippen LogP contribution is 2.39. The second-order valence-electron chi connectivity index (χ2n) is 5.11. The highest BCUT2D eigenvalue weighted by atomic mass is 35.5. The molecule has 1 aliphatic carbocycles. The zero-order valence-electron chi connectivity index (χ0n) is 10.7. The third-order valence-corrected chi connectivity index (χ3v) is 3.85. The average Bonchev–Trinajstić information content (AvgIpc) is 3.13. The molecule has 0 amide bonds. The Morgan fingerprint density at radius 2 is 2.22 bits per heavy atom. The molecule has 18 heavy (non-hydrogen) atoms. The van der Waals surface area contributed by atoms with E-state index in [0.717, 1.165) is 18.4 Å². The van der Waals surface area contributed by atoms with Gasteiger partial charge in [0.15, 0.2) is 5.78 Å². The summed E-state index contributed by atoms with van der Waals surface area (Å²) in [5.74, 6) is 1.06. The van der Waals surface area contributed by atoms with Gasteiger partial charge in [-0.3, -0.25) is 4.79 Å². The van der Waals surface area contributed by atoms with Gasteiger partial charge in [-0.2, -0.15) is 0 Å². The number of halogens is 1. The Hall–Kier alpha value is -1.06. The lowest BCUT2D eigenvalue weighted by Gasteiger charge is -2.23. The van der Waals surface area contributed by atoms with Crippen molar-refractivity contribution in [2.24, 2.45) is 11.7 Å².